The van der Waals surface area contributed by atoms with Crippen molar-refractivity contribution in [3.8, 4) is 0 Å². The van der Waals surface area contributed by atoms with Gasteiger partial charge in [-0.05, 0) is 73.4 Å². The molecular weight excluding hydrogens is 380 g/mol. The first kappa shape index (κ1) is 26.9. The van der Waals surface area contributed by atoms with Crippen LogP contribution in [-0.2, 0) is 19.4 Å². The van der Waals surface area contributed by atoms with Crippen molar-refractivity contribution in [2.75, 3.05) is 14.1 Å². The molecule has 0 radical (unpaired) electrons. The molecule has 0 aliphatic carbocycles. The second-order valence-corrected chi connectivity index (χ2v) is 9.20. The van der Waals surface area contributed by atoms with E-state index in [1.807, 2.05) is 31.3 Å². The van der Waals surface area contributed by atoms with Crippen LogP contribution >= 0.6 is 0 Å². The predicted molar refractivity (Wildman–Crippen MR) is 135 cm³/mol. The van der Waals surface area contributed by atoms with E-state index in [2.05, 4.69) is 62.6 Å². The third-order valence-corrected chi connectivity index (χ3v) is 5.34. The molecule has 2 aromatic rings. The van der Waals surface area contributed by atoms with Gasteiger partial charge in [-0.1, -0.05) is 76.9 Å². The number of carbonyl (C=O) groups excluding carboxylic acids is 1. The highest BCUT2D eigenvalue weighted by molar-refractivity contribution is 5.93. The summed E-state index contributed by atoms with van der Waals surface area (Å²) in [6, 6.07) is 16.8. The van der Waals surface area contributed by atoms with Gasteiger partial charge in [-0.25, -0.2) is 0 Å². The standard InChI is InChI=1S/C14H21NO.C14H23N/c1-11(2)5-4-6-12-7-9-13(10-8-12)14(16)15-3;1-12(2)5-4-6-13-7-9-14(10-8-13)11-15-3/h7-11H,4-6H2,1-3H3,(H,15,16);7-10,12,15H,4-6,11H2,1-3H3. The van der Waals surface area contributed by atoms with Gasteiger partial charge in [-0.3, -0.25) is 4.79 Å². The Morgan fingerprint density at radius 3 is 1.52 bits per heavy atom. The Bertz CT molecular complexity index is 718. The molecule has 3 heteroatoms. The fourth-order valence-corrected chi connectivity index (χ4v) is 3.42. The first-order chi connectivity index (χ1) is 14.8. The van der Waals surface area contributed by atoms with Crippen LogP contribution in [-0.4, -0.2) is 20.0 Å². The Balaban J connectivity index is 0.000000311. The van der Waals surface area contributed by atoms with E-state index in [1.54, 1.807) is 7.05 Å². The van der Waals surface area contributed by atoms with E-state index in [0.29, 0.717) is 0 Å². The van der Waals surface area contributed by atoms with Gasteiger partial charge in [0, 0.05) is 19.2 Å². The van der Waals surface area contributed by atoms with Gasteiger partial charge >= 0.3 is 0 Å². The second-order valence-electron chi connectivity index (χ2n) is 9.20. The van der Waals surface area contributed by atoms with E-state index in [4.69, 9.17) is 0 Å². The lowest BCUT2D eigenvalue weighted by atomic mass is 10.0. The fraction of sp³-hybridized carbons (Fsp3) is 0.536. The number of hydrogen-bond acceptors (Lipinski definition) is 2. The molecule has 0 aliphatic heterocycles. The first-order valence-electron chi connectivity index (χ1n) is 11.9. The van der Waals surface area contributed by atoms with Crippen molar-refractivity contribution in [1.29, 1.82) is 0 Å². The molecule has 2 rings (SSSR count). The van der Waals surface area contributed by atoms with Crippen LogP contribution in [0.25, 0.3) is 0 Å². The second kappa shape index (κ2) is 15.6. The molecule has 0 aliphatic rings. The van der Waals surface area contributed by atoms with Crippen molar-refractivity contribution in [1.82, 2.24) is 10.6 Å². The van der Waals surface area contributed by atoms with Crippen LogP contribution in [0.2, 0.25) is 0 Å². The maximum absolute atomic E-state index is 11.3. The maximum Gasteiger partial charge on any atom is 0.251 e. The Morgan fingerprint density at radius 1 is 0.710 bits per heavy atom. The van der Waals surface area contributed by atoms with Gasteiger partial charge in [0.15, 0.2) is 0 Å². The van der Waals surface area contributed by atoms with Gasteiger partial charge < -0.3 is 10.6 Å². The average Bonchev–Trinajstić information content (AvgIpc) is 2.75. The number of nitrogens with one attached hydrogen (secondary N) is 2. The van der Waals surface area contributed by atoms with E-state index < -0.39 is 0 Å². The minimum absolute atomic E-state index is 0.0197. The molecule has 172 valence electrons. The highest BCUT2D eigenvalue weighted by Gasteiger charge is 2.02. The zero-order valence-corrected chi connectivity index (χ0v) is 20.6. The third kappa shape index (κ3) is 12.3. The van der Waals surface area contributed by atoms with E-state index in [9.17, 15) is 4.79 Å². The number of benzene rings is 2. The van der Waals surface area contributed by atoms with Crippen molar-refractivity contribution in [3.05, 3.63) is 70.8 Å². The largest absolute Gasteiger partial charge is 0.355 e. The molecule has 0 unspecified atom stereocenters. The molecule has 0 heterocycles. The lowest BCUT2D eigenvalue weighted by Gasteiger charge is -2.05. The van der Waals surface area contributed by atoms with Gasteiger partial charge in [-0.2, -0.15) is 0 Å². The number of carbonyl (C=O) groups is 1. The van der Waals surface area contributed by atoms with Crippen molar-refractivity contribution >= 4 is 5.91 Å². The van der Waals surface area contributed by atoms with E-state index in [-0.39, 0.29) is 5.91 Å². The molecule has 0 aromatic heterocycles. The molecule has 0 bridgehead atoms. The van der Waals surface area contributed by atoms with Crippen LogP contribution in [0.5, 0.6) is 0 Å². The number of rotatable bonds is 11. The molecule has 31 heavy (non-hydrogen) atoms. The van der Waals surface area contributed by atoms with Gasteiger partial charge in [0.1, 0.15) is 0 Å². The fourth-order valence-electron chi connectivity index (χ4n) is 3.42. The highest BCUT2D eigenvalue weighted by Crippen LogP contribution is 2.12. The normalized spacial score (nSPS) is 10.7. The smallest absolute Gasteiger partial charge is 0.251 e. The summed E-state index contributed by atoms with van der Waals surface area (Å²) in [6.07, 6.45) is 7.44. The van der Waals surface area contributed by atoms with Crippen molar-refractivity contribution in [3.63, 3.8) is 0 Å². The van der Waals surface area contributed by atoms with Crippen LogP contribution in [0.4, 0.5) is 0 Å². The summed E-state index contributed by atoms with van der Waals surface area (Å²) in [5.74, 6) is 1.58. The van der Waals surface area contributed by atoms with Crippen molar-refractivity contribution in [2.24, 2.45) is 11.8 Å². The molecule has 2 aromatic carbocycles. The number of amides is 1. The highest BCUT2D eigenvalue weighted by atomic mass is 16.1. The minimum Gasteiger partial charge on any atom is -0.355 e. The lowest BCUT2D eigenvalue weighted by Crippen LogP contribution is -2.17. The molecule has 0 atom stereocenters. The molecule has 1 amide bonds. The molecule has 0 saturated heterocycles. The zero-order valence-electron chi connectivity index (χ0n) is 20.6. The van der Waals surface area contributed by atoms with Crippen LogP contribution < -0.4 is 10.6 Å². The monoisotopic (exact) mass is 424 g/mol. The van der Waals surface area contributed by atoms with Crippen LogP contribution in [0.1, 0.15) is 80.4 Å². The number of aryl methyl sites for hydroxylation is 2. The average molecular weight is 425 g/mol. The Morgan fingerprint density at radius 2 is 1.13 bits per heavy atom. The van der Waals surface area contributed by atoms with Crippen molar-refractivity contribution < 1.29 is 4.79 Å². The molecule has 0 saturated carbocycles. The zero-order chi connectivity index (χ0) is 23.1. The van der Waals surface area contributed by atoms with E-state index in [0.717, 1.165) is 30.4 Å². The molecule has 0 spiro atoms. The Hall–Kier alpha value is -2.13. The van der Waals surface area contributed by atoms with Crippen LogP contribution in [0.15, 0.2) is 48.5 Å². The van der Waals surface area contributed by atoms with Crippen LogP contribution in [0.3, 0.4) is 0 Å². The van der Waals surface area contributed by atoms with Crippen LogP contribution in [0, 0.1) is 11.8 Å². The maximum atomic E-state index is 11.3. The third-order valence-electron chi connectivity index (χ3n) is 5.34. The quantitative estimate of drug-likeness (QED) is 0.437. The summed E-state index contributed by atoms with van der Waals surface area (Å²) in [7, 11) is 3.63. The van der Waals surface area contributed by atoms with Gasteiger partial charge in [0.25, 0.3) is 5.91 Å². The Labute approximate surface area is 191 Å². The SMILES string of the molecule is CNC(=O)c1ccc(CCCC(C)C)cc1.CNCc1ccc(CCCC(C)C)cc1. The summed E-state index contributed by atoms with van der Waals surface area (Å²) in [6.45, 7) is 10.0. The van der Waals surface area contributed by atoms with Crippen molar-refractivity contribution in [2.45, 2.75) is 72.8 Å². The van der Waals surface area contributed by atoms with Gasteiger partial charge in [0.05, 0.1) is 0 Å². The molecule has 0 fully saturated rings. The predicted octanol–water partition coefficient (Wildman–Crippen LogP) is 6.41. The summed E-state index contributed by atoms with van der Waals surface area (Å²) in [5, 5.41) is 5.78. The van der Waals surface area contributed by atoms with Gasteiger partial charge in [0.2, 0.25) is 0 Å². The first-order valence-corrected chi connectivity index (χ1v) is 11.9. The van der Waals surface area contributed by atoms with Gasteiger partial charge in [-0.15, -0.1) is 0 Å². The van der Waals surface area contributed by atoms with E-state index in [1.165, 1.54) is 48.8 Å². The summed E-state index contributed by atoms with van der Waals surface area (Å²) in [4.78, 5) is 11.3. The molecule has 2 N–H and O–H groups in total. The molecular formula is C28H44N2O. The summed E-state index contributed by atoms with van der Waals surface area (Å²) in [5.41, 5.74) is 4.88. The minimum atomic E-state index is -0.0197. The lowest BCUT2D eigenvalue weighted by molar-refractivity contribution is 0.0963. The number of hydrogen-bond donors (Lipinski definition) is 2. The van der Waals surface area contributed by atoms with E-state index >= 15 is 0 Å². The topological polar surface area (TPSA) is 41.1 Å². The Kier molecular flexibility index (Phi) is 13.6. The summed E-state index contributed by atoms with van der Waals surface area (Å²) < 4.78 is 0. The summed E-state index contributed by atoms with van der Waals surface area (Å²) >= 11 is 0. The molecule has 3 nitrogen and oxygen atoms in total.